The van der Waals surface area contributed by atoms with E-state index in [-0.39, 0.29) is 18.0 Å². The molecule has 1 aromatic rings. The lowest BCUT2D eigenvalue weighted by atomic mass is 10.1. The third-order valence-electron chi connectivity index (χ3n) is 2.64. The Labute approximate surface area is 108 Å². The van der Waals surface area contributed by atoms with Crippen LogP contribution in [-0.4, -0.2) is 20.2 Å². The first-order valence-corrected chi connectivity index (χ1v) is 5.92. The molecular weight excluding hydrogens is 232 g/mol. The second kappa shape index (κ2) is 6.28. The number of hydrogen-bond acceptors (Lipinski definition) is 4. The molecular formula is C14H20O4. The van der Waals surface area contributed by atoms with Crippen molar-refractivity contribution in [1.29, 1.82) is 0 Å². The summed E-state index contributed by atoms with van der Waals surface area (Å²) in [4.78, 5) is 11.5. The maximum atomic E-state index is 11.5. The van der Waals surface area contributed by atoms with Gasteiger partial charge in [0.15, 0.2) is 11.5 Å². The highest BCUT2D eigenvalue weighted by molar-refractivity contribution is 5.71. The van der Waals surface area contributed by atoms with Gasteiger partial charge in [-0.3, -0.25) is 4.79 Å². The number of ether oxygens (including phenoxy) is 3. The van der Waals surface area contributed by atoms with Gasteiger partial charge in [-0.15, -0.1) is 0 Å². The average molecular weight is 252 g/mol. The minimum absolute atomic E-state index is 0.132. The summed E-state index contributed by atoms with van der Waals surface area (Å²) in [5.74, 6) is 0.941. The lowest BCUT2D eigenvalue weighted by Crippen LogP contribution is -2.14. The van der Waals surface area contributed by atoms with Crippen LogP contribution in [0.15, 0.2) is 18.2 Å². The van der Waals surface area contributed by atoms with Crippen LogP contribution in [0.25, 0.3) is 0 Å². The fraction of sp³-hybridized carbons (Fsp3) is 0.500. The summed E-state index contributed by atoms with van der Waals surface area (Å²) in [6, 6.07) is 5.48. The second-order valence-electron chi connectivity index (χ2n) is 4.35. The zero-order valence-corrected chi connectivity index (χ0v) is 11.5. The molecule has 0 heterocycles. The van der Waals surface area contributed by atoms with Crippen molar-refractivity contribution >= 4 is 5.97 Å². The van der Waals surface area contributed by atoms with Crippen LogP contribution in [-0.2, 0) is 9.53 Å². The Morgan fingerprint density at radius 1 is 1.06 bits per heavy atom. The number of carbonyl (C=O) groups excluding carboxylic acids is 1. The van der Waals surface area contributed by atoms with Gasteiger partial charge in [0.2, 0.25) is 0 Å². The highest BCUT2D eigenvalue weighted by Gasteiger charge is 2.16. The molecule has 4 nitrogen and oxygen atoms in total. The Morgan fingerprint density at radius 3 is 2.17 bits per heavy atom. The monoisotopic (exact) mass is 252 g/mol. The molecule has 0 radical (unpaired) electrons. The molecule has 0 bridgehead atoms. The van der Waals surface area contributed by atoms with Crippen LogP contribution >= 0.6 is 0 Å². The van der Waals surface area contributed by atoms with E-state index in [1.807, 2.05) is 32.9 Å². The van der Waals surface area contributed by atoms with Crippen LogP contribution in [0, 0.1) is 5.92 Å². The Bertz CT molecular complexity index is 412. The normalized spacial score (nSPS) is 12.1. The van der Waals surface area contributed by atoms with E-state index in [0.717, 1.165) is 5.56 Å². The predicted molar refractivity (Wildman–Crippen MR) is 68.9 cm³/mol. The Kier molecular flexibility index (Phi) is 5.01. The van der Waals surface area contributed by atoms with Gasteiger partial charge in [-0.05, 0) is 24.6 Å². The molecule has 1 rings (SSSR count). The van der Waals surface area contributed by atoms with Gasteiger partial charge in [0.1, 0.15) is 6.10 Å². The zero-order chi connectivity index (χ0) is 13.7. The molecule has 0 saturated heterocycles. The van der Waals surface area contributed by atoms with Gasteiger partial charge in [-0.25, -0.2) is 0 Å². The summed E-state index contributed by atoms with van der Waals surface area (Å²) in [7, 11) is 3.16. The second-order valence-corrected chi connectivity index (χ2v) is 4.35. The molecule has 1 atom stereocenters. The van der Waals surface area contributed by atoms with Gasteiger partial charge in [-0.1, -0.05) is 19.9 Å². The topological polar surface area (TPSA) is 44.8 Å². The molecule has 100 valence electrons. The van der Waals surface area contributed by atoms with E-state index in [4.69, 9.17) is 14.2 Å². The Balaban J connectivity index is 2.86. The molecule has 0 N–H and O–H groups in total. The zero-order valence-electron chi connectivity index (χ0n) is 11.5. The lowest BCUT2D eigenvalue weighted by molar-refractivity contribution is -0.152. The van der Waals surface area contributed by atoms with Crippen molar-refractivity contribution in [3.05, 3.63) is 23.8 Å². The van der Waals surface area contributed by atoms with Gasteiger partial charge in [0.25, 0.3) is 0 Å². The minimum Gasteiger partial charge on any atom is -0.493 e. The summed E-state index contributed by atoms with van der Waals surface area (Å²) in [6.07, 6.45) is -0.306. The fourth-order valence-electron chi connectivity index (χ4n) is 1.48. The minimum atomic E-state index is -0.306. The average Bonchev–Trinajstić information content (AvgIpc) is 2.37. The number of esters is 1. The van der Waals surface area contributed by atoms with E-state index < -0.39 is 0 Å². The molecule has 0 spiro atoms. The van der Waals surface area contributed by atoms with Crippen LogP contribution in [0.3, 0.4) is 0 Å². The first-order valence-electron chi connectivity index (χ1n) is 5.92. The summed E-state index contributed by atoms with van der Waals surface area (Å²) >= 11 is 0. The van der Waals surface area contributed by atoms with Crippen molar-refractivity contribution in [1.82, 2.24) is 0 Å². The molecule has 0 aliphatic heterocycles. The first kappa shape index (κ1) is 14.4. The van der Waals surface area contributed by atoms with E-state index in [2.05, 4.69) is 0 Å². The Hall–Kier alpha value is -1.71. The van der Waals surface area contributed by atoms with Crippen LogP contribution in [0.5, 0.6) is 11.5 Å². The van der Waals surface area contributed by atoms with E-state index in [1.165, 1.54) is 0 Å². The smallest absolute Gasteiger partial charge is 0.308 e. The van der Waals surface area contributed by atoms with Crippen molar-refractivity contribution in [3.63, 3.8) is 0 Å². The number of carbonyl (C=O) groups is 1. The molecule has 0 saturated carbocycles. The maximum Gasteiger partial charge on any atom is 0.308 e. The van der Waals surface area contributed by atoms with Gasteiger partial charge in [0.05, 0.1) is 20.1 Å². The van der Waals surface area contributed by atoms with E-state index >= 15 is 0 Å². The quantitative estimate of drug-likeness (QED) is 0.756. The molecule has 1 aromatic carbocycles. The van der Waals surface area contributed by atoms with E-state index in [9.17, 15) is 4.79 Å². The summed E-state index contributed by atoms with van der Waals surface area (Å²) in [5.41, 5.74) is 0.877. The Morgan fingerprint density at radius 2 is 1.67 bits per heavy atom. The van der Waals surface area contributed by atoms with Crippen molar-refractivity contribution in [3.8, 4) is 11.5 Å². The highest BCUT2D eigenvalue weighted by Crippen LogP contribution is 2.31. The number of rotatable bonds is 5. The van der Waals surface area contributed by atoms with Crippen molar-refractivity contribution in [2.45, 2.75) is 26.9 Å². The molecule has 18 heavy (non-hydrogen) atoms. The molecule has 0 aromatic heterocycles. The number of hydrogen-bond donors (Lipinski definition) is 0. The molecule has 0 amide bonds. The van der Waals surface area contributed by atoms with Crippen molar-refractivity contribution < 1.29 is 19.0 Å². The largest absolute Gasteiger partial charge is 0.493 e. The summed E-state index contributed by atoms with van der Waals surface area (Å²) in [6.45, 7) is 5.45. The molecule has 0 aliphatic carbocycles. The molecule has 4 heteroatoms. The van der Waals surface area contributed by atoms with Crippen LogP contribution in [0.4, 0.5) is 0 Å². The SMILES string of the molecule is COc1ccc([C@H](C)OC(=O)C(C)C)cc1OC. The number of benzene rings is 1. The first-order chi connectivity index (χ1) is 8.49. The van der Waals surface area contributed by atoms with Gasteiger partial charge >= 0.3 is 5.97 Å². The van der Waals surface area contributed by atoms with Crippen LogP contribution < -0.4 is 9.47 Å². The number of methoxy groups -OCH3 is 2. The van der Waals surface area contributed by atoms with E-state index in [0.29, 0.717) is 11.5 Å². The van der Waals surface area contributed by atoms with Crippen LogP contribution in [0.1, 0.15) is 32.4 Å². The van der Waals surface area contributed by atoms with E-state index in [1.54, 1.807) is 20.3 Å². The van der Waals surface area contributed by atoms with Gasteiger partial charge < -0.3 is 14.2 Å². The third kappa shape index (κ3) is 3.39. The lowest BCUT2D eigenvalue weighted by Gasteiger charge is -2.17. The van der Waals surface area contributed by atoms with Crippen LogP contribution in [0.2, 0.25) is 0 Å². The fourth-order valence-corrected chi connectivity index (χ4v) is 1.48. The maximum absolute atomic E-state index is 11.5. The summed E-state index contributed by atoms with van der Waals surface area (Å²) < 4.78 is 15.7. The highest BCUT2D eigenvalue weighted by atomic mass is 16.5. The van der Waals surface area contributed by atoms with Crippen molar-refractivity contribution in [2.75, 3.05) is 14.2 Å². The van der Waals surface area contributed by atoms with Gasteiger partial charge in [-0.2, -0.15) is 0 Å². The molecule has 0 aliphatic rings. The van der Waals surface area contributed by atoms with Crippen molar-refractivity contribution in [2.24, 2.45) is 5.92 Å². The summed E-state index contributed by atoms with van der Waals surface area (Å²) in [5, 5.41) is 0. The third-order valence-corrected chi connectivity index (χ3v) is 2.64. The predicted octanol–water partition coefficient (Wildman–Crippen LogP) is 2.96. The standard InChI is InChI=1S/C14H20O4/c1-9(2)14(15)18-10(3)11-6-7-12(16-4)13(8-11)17-5/h6-10H,1-5H3/t10-/m0/s1. The molecule has 0 unspecified atom stereocenters. The van der Waals surface area contributed by atoms with Gasteiger partial charge in [0, 0.05) is 0 Å². The molecule has 0 fully saturated rings.